The van der Waals surface area contributed by atoms with Crippen molar-refractivity contribution in [2.75, 3.05) is 43.4 Å². The van der Waals surface area contributed by atoms with Crippen LogP contribution in [0, 0.1) is 6.92 Å². The van der Waals surface area contributed by atoms with Crippen molar-refractivity contribution in [3.8, 4) is 0 Å². The topological polar surface area (TPSA) is 52.7 Å². The highest BCUT2D eigenvalue weighted by Gasteiger charge is 2.18. The van der Waals surface area contributed by atoms with E-state index in [1.54, 1.807) is 18.2 Å². The van der Waals surface area contributed by atoms with E-state index < -0.39 is 10.8 Å². The summed E-state index contributed by atoms with van der Waals surface area (Å²) in [5.74, 6) is 0.473. The summed E-state index contributed by atoms with van der Waals surface area (Å²) in [6, 6.07) is 5.55. The Bertz CT molecular complexity index is 532. The number of nitrogens with zero attached hydrogens (tertiary/aromatic N) is 2. The Morgan fingerprint density at radius 2 is 1.95 bits per heavy atom. The standard InChI is InChI=1S/C15H25N3O2S/c1-11(10-21(6)20)18(5)15(19)16-13-8-7-9-14(12(13)2)17(3)4/h7-9,11H,10H2,1-6H3,(H,16,19)/t11-,21+/m1/s1. The lowest BCUT2D eigenvalue weighted by atomic mass is 10.1. The fourth-order valence-electron chi connectivity index (χ4n) is 2.10. The van der Waals surface area contributed by atoms with Gasteiger partial charge in [0.1, 0.15) is 0 Å². The lowest BCUT2D eigenvalue weighted by Gasteiger charge is -2.25. The van der Waals surface area contributed by atoms with Crippen LogP contribution < -0.4 is 10.2 Å². The van der Waals surface area contributed by atoms with Gasteiger partial charge < -0.3 is 15.1 Å². The van der Waals surface area contributed by atoms with Gasteiger partial charge in [-0.25, -0.2) is 4.79 Å². The number of rotatable bonds is 5. The Kier molecular flexibility index (Phi) is 6.20. The Balaban J connectivity index is 2.84. The number of urea groups is 1. The summed E-state index contributed by atoms with van der Waals surface area (Å²) in [5, 5.41) is 2.92. The minimum absolute atomic E-state index is 0.0758. The molecule has 1 N–H and O–H groups in total. The van der Waals surface area contributed by atoms with Crippen molar-refractivity contribution in [1.82, 2.24) is 4.90 Å². The van der Waals surface area contributed by atoms with Gasteiger partial charge in [-0.1, -0.05) is 6.07 Å². The molecule has 21 heavy (non-hydrogen) atoms. The molecule has 0 bridgehead atoms. The van der Waals surface area contributed by atoms with Gasteiger partial charge in [-0.3, -0.25) is 4.21 Å². The minimum atomic E-state index is -0.922. The summed E-state index contributed by atoms with van der Waals surface area (Å²) in [7, 11) is 4.74. The second kappa shape index (κ2) is 7.45. The minimum Gasteiger partial charge on any atom is -0.377 e. The molecule has 0 aliphatic heterocycles. The van der Waals surface area contributed by atoms with Crippen molar-refractivity contribution in [1.29, 1.82) is 0 Å². The average molecular weight is 311 g/mol. The van der Waals surface area contributed by atoms with Crippen LogP contribution in [-0.2, 0) is 10.8 Å². The van der Waals surface area contributed by atoms with Crippen molar-refractivity contribution in [3.05, 3.63) is 23.8 Å². The van der Waals surface area contributed by atoms with Crippen LogP contribution in [0.5, 0.6) is 0 Å². The van der Waals surface area contributed by atoms with Crippen LogP contribution >= 0.6 is 0 Å². The monoisotopic (exact) mass is 311 g/mol. The molecule has 0 aliphatic carbocycles. The van der Waals surface area contributed by atoms with Crippen LogP contribution in [0.4, 0.5) is 16.2 Å². The summed E-state index contributed by atoms with van der Waals surface area (Å²) in [6.07, 6.45) is 1.65. The van der Waals surface area contributed by atoms with E-state index in [-0.39, 0.29) is 12.1 Å². The molecule has 0 heterocycles. The van der Waals surface area contributed by atoms with Gasteiger partial charge >= 0.3 is 6.03 Å². The van der Waals surface area contributed by atoms with E-state index in [2.05, 4.69) is 5.32 Å². The number of hydrogen-bond acceptors (Lipinski definition) is 3. The molecular formula is C15H25N3O2S. The average Bonchev–Trinajstić information content (AvgIpc) is 2.38. The first-order valence-corrected chi connectivity index (χ1v) is 8.57. The van der Waals surface area contributed by atoms with Gasteiger partial charge in [0.2, 0.25) is 0 Å². The maximum absolute atomic E-state index is 12.3. The van der Waals surface area contributed by atoms with E-state index in [0.29, 0.717) is 5.75 Å². The number of amides is 2. The predicted octanol–water partition coefficient (Wildman–Crippen LogP) is 2.29. The van der Waals surface area contributed by atoms with Crippen LogP contribution in [0.1, 0.15) is 12.5 Å². The van der Waals surface area contributed by atoms with Crippen molar-refractivity contribution in [2.45, 2.75) is 19.9 Å². The second-order valence-electron chi connectivity index (χ2n) is 5.47. The van der Waals surface area contributed by atoms with E-state index >= 15 is 0 Å². The first-order valence-electron chi connectivity index (χ1n) is 6.84. The van der Waals surface area contributed by atoms with Crippen molar-refractivity contribution >= 4 is 28.2 Å². The molecule has 1 aromatic carbocycles. The first kappa shape index (κ1) is 17.5. The van der Waals surface area contributed by atoms with Gasteiger partial charge in [0, 0.05) is 61.4 Å². The van der Waals surface area contributed by atoms with E-state index in [4.69, 9.17) is 0 Å². The molecule has 2 atom stereocenters. The van der Waals surface area contributed by atoms with Crippen LogP contribution in [-0.4, -0.2) is 54.3 Å². The molecule has 2 amide bonds. The van der Waals surface area contributed by atoms with Gasteiger partial charge in [-0.05, 0) is 31.5 Å². The molecule has 118 valence electrons. The van der Waals surface area contributed by atoms with E-state index in [0.717, 1.165) is 16.9 Å². The number of carbonyl (C=O) groups excluding carboxylic acids is 1. The number of benzene rings is 1. The highest BCUT2D eigenvalue weighted by atomic mass is 32.2. The van der Waals surface area contributed by atoms with Crippen LogP contribution in [0.3, 0.4) is 0 Å². The molecule has 5 nitrogen and oxygen atoms in total. The summed E-state index contributed by atoms with van der Waals surface area (Å²) in [4.78, 5) is 15.9. The molecular weight excluding hydrogens is 286 g/mol. The zero-order valence-corrected chi connectivity index (χ0v) is 14.5. The smallest absolute Gasteiger partial charge is 0.321 e. The molecule has 0 unspecified atom stereocenters. The third-order valence-electron chi connectivity index (χ3n) is 3.49. The van der Waals surface area contributed by atoms with Crippen molar-refractivity contribution in [3.63, 3.8) is 0 Å². The first-order chi connectivity index (χ1) is 9.73. The number of carbonyl (C=O) groups is 1. The second-order valence-corrected chi connectivity index (χ2v) is 6.95. The summed E-state index contributed by atoms with van der Waals surface area (Å²) >= 11 is 0. The largest absolute Gasteiger partial charge is 0.377 e. The molecule has 0 aromatic heterocycles. The van der Waals surface area contributed by atoms with Gasteiger partial charge in [-0.15, -0.1) is 0 Å². The molecule has 0 aliphatic rings. The molecule has 6 heteroatoms. The summed E-state index contributed by atoms with van der Waals surface area (Å²) in [5.41, 5.74) is 2.89. The lowest BCUT2D eigenvalue weighted by Crippen LogP contribution is -2.41. The highest BCUT2D eigenvalue weighted by molar-refractivity contribution is 7.84. The number of anilines is 2. The maximum atomic E-state index is 12.3. The zero-order valence-electron chi connectivity index (χ0n) is 13.6. The van der Waals surface area contributed by atoms with E-state index in [1.807, 2.05) is 51.0 Å². The Morgan fingerprint density at radius 1 is 1.33 bits per heavy atom. The summed E-state index contributed by atoms with van der Waals surface area (Å²) in [6.45, 7) is 3.87. The quantitative estimate of drug-likeness (QED) is 0.908. The van der Waals surface area contributed by atoms with Crippen LogP contribution in [0.15, 0.2) is 18.2 Å². The maximum Gasteiger partial charge on any atom is 0.321 e. The molecule has 0 radical (unpaired) electrons. The van der Waals surface area contributed by atoms with Crippen molar-refractivity contribution < 1.29 is 9.00 Å². The molecule has 1 aromatic rings. The van der Waals surface area contributed by atoms with E-state index in [1.165, 1.54) is 0 Å². The summed E-state index contributed by atoms with van der Waals surface area (Å²) < 4.78 is 11.3. The fourth-order valence-corrected chi connectivity index (χ4v) is 3.00. The normalized spacial score (nSPS) is 13.4. The third kappa shape index (κ3) is 4.74. The van der Waals surface area contributed by atoms with Gasteiger partial charge in [0.05, 0.1) is 0 Å². The Labute approximate surface area is 129 Å². The Hall–Kier alpha value is -1.56. The van der Waals surface area contributed by atoms with Crippen molar-refractivity contribution in [2.24, 2.45) is 0 Å². The zero-order chi connectivity index (χ0) is 16.2. The molecule has 0 spiro atoms. The molecule has 1 rings (SSSR count). The number of hydrogen-bond donors (Lipinski definition) is 1. The number of nitrogens with one attached hydrogen (secondary N) is 1. The SMILES string of the molecule is Cc1c(NC(=O)N(C)[C@H](C)C[S@](C)=O)cccc1N(C)C. The Morgan fingerprint density at radius 3 is 2.48 bits per heavy atom. The van der Waals surface area contributed by atoms with Crippen LogP contribution in [0.25, 0.3) is 0 Å². The predicted molar refractivity (Wildman–Crippen MR) is 90.7 cm³/mol. The molecule has 0 fully saturated rings. The van der Waals surface area contributed by atoms with Gasteiger partial charge in [0.15, 0.2) is 0 Å². The van der Waals surface area contributed by atoms with Gasteiger partial charge in [-0.2, -0.15) is 0 Å². The van der Waals surface area contributed by atoms with Gasteiger partial charge in [0.25, 0.3) is 0 Å². The van der Waals surface area contributed by atoms with E-state index in [9.17, 15) is 9.00 Å². The fraction of sp³-hybridized carbons (Fsp3) is 0.533. The highest BCUT2D eigenvalue weighted by Crippen LogP contribution is 2.25. The molecule has 0 saturated heterocycles. The van der Waals surface area contributed by atoms with Crippen LogP contribution in [0.2, 0.25) is 0 Å². The third-order valence-corrected chi connectivity index (χ3v) is 4.44. The lowest BCUT2D eigenvalue weighted by molar-refractivity contribution is 0.212. The molecule has 0 saturated carbocycles.